The van der Waals surface area contributed by atoms with Crippen molar-refractivity contribution in [1.82, 2.24) is 5.32 Å². The quantitative estimate of drug-likeness (QED) is 0.676. The van der Waals surface area contributed by atoms with E-state index < -0.39 is 6.09 Å². The van der Waals surface area contributed by atoms with Crippen molar-refractivity contribution in [1.29, 1.82) is 0 Å². The largest absolute Gasteiger partial charge is 0.447 e. The number of carbonyl (C=O) groups is 1. The number of methoxy groups -OCH3 is 1. The highest BCUT2D eigenvalue weighted by Gasteiger charge is 2.11. The summed E-state index contributed by atoms with van der Waals surface area (Å²) in [4.78, 5) is 11.2. The average molecular weight is 233 g/mol. The van der Waals surface area contributed by atoms with Crippen molar-refractivity contribution in [3.05, 3.63) is 0 Å². The molecule has 0 spiro atoms. The Labute approximate surface area is 97.4 Å². The molecule has 0 aromatic heterocycles. The molecule has 5 nitrogen and oxygen atoms in total. The molecule has 0 aromatic rings. The fourth-order valence-corrected chi connectivity index (χ4v) is 0.826. The zero-order valence-corrected chi connectivity index (χ0v) is 10.7. The minimum absolute atomic E-state index is 0.0635. The van der Waals surface area contributed by atoms with Crippen molar-refractivity contribution in [3.8, 4) is 0 Å². The Kier molecular flexibility index (Phi) is 7.93. The van der Waals surface area contributed by atoms with Crippen LogP contribution in [0.4, 0.5) is 4.79 Å². The molecule has 0 saturated carbocycles. The van der Waals surface area contributed by atoms with Gasteiger partial charge < -0.3 is 19.5 Å². The summed E-state index contributed by atoms with van der Waals surface area (Å²) in [5, 5.41) is 2.68. The van der Waals surface area contributed by atoms with Crippen LogP contribution in [0.5, 0.6) is 0 Å². The first-order chi connectivity index (χ1) is 7.45. The summed E-state index contributed by atoms with van der Waals surface area (Å²) < 4.78 is 14.8. The third kappa shape index (κ3) is 11.3. The maximum absolute atomic E-state index is 11.2. The molecule has 0 aliphatic heterocycles. The molecule has 0 saturated heterocycles. The second-order valence-corrected chi connectivity index (χ2v) is 4.66. The number of nitrogens with one attached hydrogen (secondary N) is 1. The molecule has 0 atom stereocenters. The van der Waals surface area contributed by atoms with Crippen LogP contribution >= 0.6 is 0 Å². The van der Waals surface area contributed by atoms with Gasteiger partial charge in [0.15, 0.2) is 0 Å². The number of carbonyl (C=O) groups excluding carboxylic acids is 1. The summed E-state index contributed by atoms with van der Waals surface area (Å²) in [6.45, 7) is 8.45. The third-order valence-corrected chi connectivity index (χ3v) is 1.66. The van der Waals surface area contributed by atoms with E-state index >= 15 is 0 Å². The normalized spacial score (nSPS) is 11.2. The van der Waals surface area contributed by atoms with Crippen molar-refractivity contribution in [2.45, 2.75) is 20.8 Å². The summed E-state index contributed by atoms with van der Waals surface area (Å²) in [5.41, 5.74) is 0.0635. The summed E-state index contributed by atoms with van der Waals surface area (Å²) in [5.74, 6) is 0. The fourth-order valence-electron chi connectivity index (χ4n) is 0.826. The minimum atomic E-state index is -0.398. The Morgan fingerprint density at radius 2 is 1.75 bits per heavy atom. The molecule has 0 aromatic carbocycles. The van der Waals surface area contributed by atoms with Gasteiger partial charge >= 0.3 is 6.09 Å². The summed E-state index contributed by atoms with van der Waals surface area (Å²) in [6, 6.07) is 0. The van der Waals surface area contributed by atoms with E-state index in [0.29, 0.717) is 26.4 Å². The van der Waals surface area contributed by atoms with Crippen LogP contribution < -0.4 is 5.32 Å². The SMILES string of the molecule is COCCOCCOC(=O)NCC(C)(C)C. The van der Waals surface area contributed by atoms with Crippen molar-refractivity contribution in [2.24, 2.45) is 5.41 Å². The van der Waals surface area contributed by atoms with Gasteiger partial charge in [-0.2, -0.15) is 0 Å². The molecule has 0 aliphatic rings. The van der Waals surface area contributed by atoms with Gasteiger partial charge in [0.1, 0.15) is 6.61 Å². The van der Waals surface area contributed by atoms with Crippen LogP contribution in [0.3, 0.4) is 0 Å². The van der Waals surface area contributed by atoms with Gasteiger partial charge in [0, 0.05) is 13.7 Å². The molecule has 16 heavy (non-hydrogen) atoms. The Morgan fingerprint density at radius 3 is 2.31 bits per heavy atom. The molecule has 0 radical (unpaired) electrons. The number of rotatable bonds is 7. The van der Waals surface area contributed by atoms with Gasteiger partial charge in [-0.05, 0) is 5.41 Å². The maximum Gasteiger partial charge on any atom is 0.407 e. The van der Waals surface area contributed by atoms with Crippen LogP contribution in [0.15, 0.2) is 0 Å². The molecule has 0 unspecified atom stereocenters. The Bertz CT molecular complexity index is 189. The topological polar surface area (TPSA) is 56.8 Å². The lowest BCUT2D eigenvalue weighted by atomic mass is 9.97. The number of ether oxygens (including phenoxy) is 3. The molecule has 0 heterocycles. The monoisotopic (exact) mass is 233 g/mol. The Balaban J connectivity index is 3.31. The average Bonchev–Trinajstić information content (AvgIpc) is 2.19. The van der Waals surface area contributed by atoms with Crippen LogP contribution in [-0.4, -0.2) is 46.2 Å². The lowest BCUT2D eigenvalue weighted by molar-refractivity contribution is 0.0417. The molecule has 0 fully saturated rings. The maximum atomic E-state index is 11.2. The highest BCUT2D eigenvalue weighted by Crippen LogP contribution is 2.09. The van der Waals surface area contributed by atoms with Gasteiger partial charge in [0.2, 0.25) is 0 Å². The van der Waals surface area contributed by atoms with E-state index in [1.807, 2.05) is 20.8 Å². The van der Waals surface area contributed by atoms with Crippen LogP contribution in [0, 0.1) is 5.41 Å². The second-order valence-electron chi connectivity index (χ2n) is 4.66. The number of hydrogen-bond acceptors (Lipinski definition) is 4. The van der Waals surface area contributed by atoms with E-state index in [-0.39, 0.29) is 12.0 Å². The molecular formula is C11H23NO4. The van der Waals surface area contributed by atoms with Gasteiger partial charge in [-0.3, -0.25) is 0 Å². The number of hydrogen-bond donors (Lipinski definition) is 1. The van der Waals surface area contributed by atoms with Gasteiger partial charge in [0.25, 0.3) is 0 Å². The highest BCUT2D eigenvalue weighted by atomic mass is 16.6. The zero-order chi connectivity index (χ0) is 12.4. The molecule has 1 N–H and O–H groups in total. The number of amides is 1. The lowest BCUT2D eigenvalue weighted by Gasteiger charge is -2.18. The molecule has 0 rings (SSSR count). The van der Waals surface area contributed by atoms with Gasteiger partial charge in [-0.15, -0.1) is 0 Å². The standard InChI is InChI=1S/C11H23NO4/c1-11(2,3)9-12-10(13)16-8-7-15-6-5-14-4/h5-9H2,1-4H3,(H,12,13). The fraction of sp³-hybridized carbons (Fsp3) is 0.909. The second kappa shape index (κ2) is 8.35. The van der Waals surface area contributed by atoms with Crippen LogP contribution in [0.2, 0.25) is 0 Å². The van der Waals surface area contributed by atoms with E-state index in [1.54, 1.807) is 7.11 Å². The van der Waals surface area contributed by atoms with Gasteiger partial charge in [0.05, 0.1) is 19.8 Å². The zero-order valence-electron chi connectivity index (χ0n) is 10.7. The van der Waals surface area contributed by atoms with Crippen LogP contribution in [0.25, 0.3) is 0 Å². The van der Waals surface area contributed by atoms with Crippen LogP contribution in [0.1, 0.15) is 20.8 Å². The van der Waals surface area contributed by atoms with Crippen molar-refractivity contribution in [2.75, 3.05) is 40.1 Å². The molecule has 0 aliphatic carbocycles. The molecule has 96 valence electrons. The van der Waals surface area contributed by atoms with Crippen molar-refractivity contribution >= 4 is 6.09 Å². The molecule has 5 heteroatoms. The van der Waals surface area contributed by atoms with E-state index in [0.717, 1.165) is 0 Å². The van der Waals surface area contributed by atoms with E-state index in [9.17, 15) is 4.79 Å². The molecular weight excluding hydrogens is 210 g/mol. The smallest absolute Gasteiger partial charge is 0.407 e. The van der Waals surface area contributed by atoms with Gasteiger partial charge in [-0.1, -0.05) is 20.8 Å². The van der Waals surface area contributed by atoms with E-state index in [1.165, 1.54) is 0 Å². The van der Waals surface area contributed by atoms with Crippen LogP contribution in [-0.2, 0) is 14.2 Å². The first-order valence-electron chi connectivity index (χ1n) is 5.43. The molecule has 1 amide bonds. The minimum Gasteiger partial charge on any atom is -0.447 e. The van der Waals surface area contributed by atoms with E-state index in [2.05, 4.69) is 5.32 Å². The highest BCUT2D eigenvalue weighted by molar-refractivity contribution is 5.67. The van der Waals surface area contributed by atoms with E-state index in [4.69, 9.17) is 14.2 Å². The predicted molar refractivity (Wildman–Crippen MR) is 61.5 cm³/mol. The Hall–Kier alpha value is -0.810. The van der Waals surface area contributed by atoms with Crippen molar-refractivity contribution < 1.29 is 19.0 Å². The Morgan fingerprint density at radius 1 is 1.12 bits per heavy atom. The molecule has 0 bridgehead atoms. The number of alkyl carbamates (subject to hydrolysis) is 1. The lowest BCUT2D eigenvalue weighted by Crippen LogP contribution is -2.33. The van der Waals surface area contributed by atoms with Gasteiger partial charge in [-0.25, -0.2) is 4.79 Å². The first-order valence-corrected chi connectivity index (χ1v) is 5.43. The third-order valence-electron chi connectivity index (χ3n) is 1.66. The summed E-state index contributed by atoms with van der Waals surface area (Å²) >= 11 is 0. The first kappa shape index (κ1) is 15.2. The summed E-state index contributed by atoms with van der Waals surface area (Å²) in [7, 11) is 1.61. The predicted octanol–water partition coefficient (Wildman–Crippen LogP) is 1.42. The summed E-state index contributed by atoms with van der Waals surface area (Å²) in [6.07, 6.45) is -0.398. The van der Waals surface area contributed by atoms with Crippen molar-refractivity contribution in [3.63, 3.8) is 0 Å².